The second-order valence-electron chi connectivity index (χ2n) is 4.59. The van der Waals surface area contributed by atoms with E-state index < -0.39 is 0 Å². The SMILES string of the molecule is O=C(Cc1cc(Br)cs1)C1CC2CCC1O2. The van der Waals surface area contributed by atoms with Crippen molar-refractivity contribution < 1.29 is 9.53 Å². The Hall–Kier alpha value is -0.190. The van der Waals surface area contributed by atoms with E-state index in [0.717, 1.165) is 28.6 Å². The number of ketones is 1. The third kappa shape index (κ3) is 1.98. The lowest BCUT2D eigenvalue weighted by molar-refractivity contribution is -0.123. The fourth-order valence-corrected chi connectivity index (χ4v) is 4.19. The molecule has 0 radical (unpaired) electrons. The van der Waals surface area contributed by atoms with Gasteiger partial charge in [-0.15, -0.1) is 11.3 Å². The Morgan fingerprint density at radius 2 is 2.44 bits per heavy atom. The zero-order valence-electron chi connectivity index (χ0n) is 8.82. The van der Waals surface area contributed by atoms with E-state index in [-0.39, 0.29) is 12.0 Å². The summed E-state index contributed by atoms with van der Waals surface area (Å²) in [6.45, 7) is 0. The first-order chi connectivity index (χ1) is 7.72. The molecule has 2 aliphatic rings. The van der Waals surface area contributed by atoms with Gasteiger partial charge in [0, 0.05) is 27.1 Å². The van der Waals surface area contributed by atoms with Crippen molar-refractivity contribution in [2.75, 3.05) is 0 Å². The molecule has 3 unspecified atom stereocenters. The first kappa shape index (κ1) is 10.9. The molecule has 86 valence electrons. The first-order valence-corrected chi connectivity index (χ1v) is 7.31. The van der Waals surface area contributed by atoms with Crippen LogP contribution in [0.15, 0.2) is 15.9 Å². The van der Waals surface area contributed by atoms with Crippen LogP contribution in [0.4, 0.5) is 0 Å². The summed E-state index contributed by atoms with van der Waals surface area (Å²) in [4.78, 5) is 13.3. The second-order valence-corrected chi connectivity index (χ2v) is 6.50. The van der Waals surface area contributed by atoms with Crippen LogP contribution in [0.1, 0.15) is 24.1 Å². The van der Waals surface area contributed by atoms with E-state index in [1.54, 1.807) is 11.3 Å². The largest absolute Gasteiger partial charge is 0.374 e. The molecule has 1 aromatic heterocycles. The fourth-order valence-electron chi connectivity index (χ4n) is 2.73. The zero-order chi connectivity index (χ0) is 11.1. The number of hydrogen-bond donors (Lipinski definition) is 0. The van der Waals surface area contributed by atoms with Crippen LogP contribution in [0, 0.1) is 5.92 Å². The standard InChI is InChI=1S/C12H13BrO2S/c13-7-3-9(16-6-7)5-11(14)10-4-8-1-2-12(10)15-8/h3,6,8,10,12H,1-2,4-5H2. The molecule has 2 nitrogen and oxygen atoms in total. The van der Waals surface area contributed by atoms with Crippen molar-refractivity contribution in [1.29, 1.82) is 0 Å². The lowest BCUT2D eigenvalue weighted by Crippen LogP contribution is -2.26. The number of rotatable bonds is 3. The molecule has 0 N–H and O–H groups in total. The van der Waals surface area contributed by atoms with Crippen LogP contribution in [-0.4, -0.2) is 18.0 Å². The third-order valence-corrected chi connectivity index (χ3v) is 5.19. The number of halogens is 1. The fraction of sp³-hybridized carbons (Fsp3) is 0.583. The molecule has 1 aromatic rings. The average molecular weight is 301 g/mol. The number of hydrogen-bond acceptors (Lipinski definition) is 3. The molecule has 3 atom stereocenters. The quantitative estimate of drug-likeness (QED) is 0.857. The van der Waals surface area contributed by atoms with Crippen molar-refractivity contribution in [2.45, 2.75) is 37.9 Å². The van der Waals surface area contributed by atoms with Crippen molar-refractivity contribution >= 4 is 33.0 Å². The van der Waals surface area contributed by atoms with Crippen molar-refractivity contribution in [3.8, 4) is 0 Å². The minimum Gasteiger partial charge on any atom is -0.374 e. The van der Waals surface area contributed by atoms with Crippen LogP contribution >= 0.6 is 27.3 Å². The summed E-state index contributed by atoms with van der Waals surface area (Å²) >= 11 is 5.06. The second kappa shape index (κ2) is 4.24. The Labute approximate surface area is 107 Å². The summed E-state index contributed by atoms with van der Waals surface area (Å²) in [6, 6.07) is 2.04. The molecule has 16 heavy (non-hydrogen) atoms. The van der Waals surface area contributed by atoms with Gasteiger partial charge in [0.1, 0.15) is 5.78 Å². The predicted molar refractivity (Wildman–Crippen MR) is 66.7 cm³/mol. The summed E-state index contributed by atoms with van der Waals surface area (Å²) in [5.41, 5.74) is 0. The van der Waals surface area contributed by atoms with E-state index in [2.05, 4.69) is 15.9 Å². The van der Waals surface area contributed by atoms with E-state index >= 15 is 0 Å². The predicted octanol–water partition coefficient (Wildman–Crippen LogP) is 3.19. The van der Waals surface area contributed by atoms with E-state index in [0.29, 0.717) is 18.3 Å². The summed E-state index contributed by atoms with van der Waals surface area (Å²) in [5, 5.41) is 2.03. The van der Waals surface area contributed by atoms with Gasteiger partial charge in [0.05, 0.1) is 12.2 Å². The molecule has 2 fully saturated rings. The Morgan fingerprint density at radius 3 is 3.00 bits per heavy atom. The lowest BCUT2D eigenvalue weighted by Gasteiger charge is -2.16. The number of carbonyl (C=O) groups excluding carboxylic acids is 1. The topological polar surface area (TPSA) is 26.3 Å². The highest BCUT2D eigenvalue weighted by Crippen LogP contribution is 2.39. The smallest absolute Gasteiger partial charge is 0.143 e. The minimum absolute atomic E-state index is 0.166. The van der Waals surface area contributed by atoms with Gasteiger partial charge in [-0.3, -0.25) is 4.79 Å². The normalized spacial score (nSPS) is 32.2. The van der Waals surface area contributed by atoms with Gasteiger partial charge in [-0.25, -0.2) is 0 Å². The number of thiophene rings is 1. The van der Waals surface area contributed by atoms with Gasteiger partial charge in [0.2, 0.25) is 0 Å². The Balaban J connectivity index is 1.65. The molecule has 0 aromatic carbocycles. The molecule has 0 aliphatic carbocycles. The van der Waals surface area contributed by atoms with Crippen LogP contribution in [-0.2, 0) is 16.0 Å². The Morgan fingerprint density at radius 1 is 1.56 bits per heavy atom. The zero-order valence-corrected chi connectivity index (χ0v) is 11.2. The maximum atomic E-state index is 12.1. The van der Waals surface area contributed by atoms with Gasteiger partial charge in [0.25, 0.3) is 0 Å². The van der Waals surface area contributed by atoms with Crippen molar-refractivity contribution in [3.63, 3.8) is 0 Å². The van der Waals surface area contributed by atoms with E-state index in [1.165, 1.54) is 0 Å². The van der Waals surface area contributed by atoms with Crippen molar-refractivity contribution in [2.24, 2.45) is 5.92 Å². The molecule has 0 amide bonds. The molecular formula is C12H13BrO2S. The van der Waals surface area contributed by atoms with Crippen molar-refractivity contribution in [1.82, 2.24) is 0 Å². The molecule has 2 saturated heterocycles. The molecule has 2 bridgehead atoms. The molecule has 2 aliphatic heterocycles. The first-order valence-electron chi connectivity index (χ1n) is 5.63. The molecule has 4 heteroatoms. The van der Waals surface area contributed by atoms with E-state index in [4.69, 9.17) is 4.74 Å². The molecule has 0 spiro atoms. The van der Waals surface area contributed by atoms with Gasteiger partial charge in [-0.2, -0.15) is 0 Å². The van der Waals surface area contributed by atoms with E-state index in [1.807, 2.05) is 11.4 Å². The van der Waals surface area contributed by atoms with Gasteiger partial charge in [-0.1, -0.05) is 0 Å². The Bertz CT molecular complexity index is 415. The van der Waals surface area contributed by atoms with Crippen LogP contribution in [0.3, 0.4) is 0 Å². The summed E-state index contributed by atoms with van der Waals surface area (Å²) < 4.78 is 6.80. The maximum absolute atomic E-state index is 12.1. The van der Waals surface area contributed by atoms with Crippen LogP contribution in [0.2, 0.25) is 0 Å². The number of Topliss-reactive ketones (excluding diaryl/α,β-unsaturated/α-hetero) is 1. The van der Waals surface area contributed by atoms with Crippen LogP contribution in [0.25, 0.3) is 0 Å². The van der Waals surface area contributed by atoms with Crippen LogP contribution < -0.4 is 0 Å². The number of carbonyl (C=O) groups is 1. The number of ether oxygens (including phenoxy) is 1. The van der Waals surface area contributed by atoms with Gasteiger partial charge >= 0.3 is 0 Å². The number of fused-ring (bicyclic) bond motifs is 2. The van der Waals surface area contributed by atoms with Gasteiger partial charge < -0.3 is 4.74 Å². The maximum Gasteiger partial charge on any atom is 0.143 e. The van der Waals surface area contributed by atoms with Crippen molar-refractivity contribution in [3.05, 3.63) is 20.8 Å². The Kier molecular flexibility index (Phi) is 2.90. The molecular weight excluding hydrogens is 288 g/mol. The highest BCUT2D eigenvalue weighted by Gasteiger charge is 2.43. The summed E-state index contributed by atoms with van der Waals surface area (Å²) in [7, 11) is 0. The van der Waals surface area contributed by atoms with Gasteiger partial charge in [0.15, 0.2) is 0 Å². The lowest BCUT2D eigenvalue weighted by atomic mass is 9.85. The van der Waals surface area contributed by atoms with Gasteiger partial charge in [-0.05, 0) is 41.3 Å². The minimum atomic E-state index is 0.166. The molecule has 0 saturated carbocycles. The highest BCUT2D eigenvalue weighted by atomic mass is 79.9. The molecule has 3 rings (SSSR count). The van der Waals surface area contributed by atoms with Crippen LogP contribution in [0.5, 0.6) is 0 Å². The van der Waals surface area contributed by atoms with E-state index in [9.17, 15) is 4.79 Å². The monoisotopic (exact) mass is 300 g/mol. The highest BCUT2D eigenvalue weighted by molar-refractivity contribution is 9.10. The third-order valence-electron chi connectivity index (χ3n) is 3.49. The molecule has 3 heterocycles. The summed E-state index contributed by atoms with van der Waals surface area (Å²) in [6.07, 6.45) is 4.35. The summed E-state index contributed by atoms with van der Waals surface area (Å²) in [5.74, 6) is 0.529. The average Bonchev–Trinajstić information content (AvgIpc) is 2.93.